The highest BCUT2D eigenvalue weighted by molar-refractivity contribution is 5.95. The number of methoxy groups -OCH3 is 1. The summed E-state index contributed by atoms with van der Waals surface area (Å²) in [6.07, 6.45) is 3.04. The molecule has 2 N–H and O–H groups in total. The Morgan fingerprint density at radius 3 is 2.75 bits per heavy atom. The molecule has 1 amide bonds. The maximum Gasteiger partial charge on any atom is 0.305 e. The average Bonchev–Trinajstić information content (AvgIpc) is 2.89. The Bertz CT molecular complexity index is 595. The van der Waals surface area contributed by atoms with E-state index in [0.29, 0.717) is 18.8 Å². The van der Waals surface area contributed by atoms with Crippen LogP contribution in [-0.4, -0.2) is 59.2 Å². The zero-order valence-corrected chi connectivity index (χ0v) is 14.4. The number of hydrogen-bond acceptors (Lipinski definition) is 5. The molecule has 1 atom stereocenters. The first-order valence-electron chi connectivity index (χ1n) is 8.01. The molecule has 8 heteroatoms. The van der Waals surface area contributed by atoms with E-state index in [1.807, 2.05) is 11.6 Å². The van der Waals surface area contributed by atoms with Crippen LogP contribution in [0.4, 0.5) is 0 Å². The van der Waals surface area contributed by atoms with Gasteiger partial charge in [-0.05, 0) is 26.7 Å². The number of amides is 1. The summed E-state index contributed by atoms with van der Waals surface area (Å²) < 4.78 is 12.3. The lowest BCUT2D eigenvalue weighted by atomic mass is 9.98. The summed E-state index contributed by atoms with van der Waals surface area (Å²) in [5, 5.41) is 16.2. The van der Waals surface area contributed by atoms with Crippen molar-refractivity contribution < 1.29 is 24.2 Å². The van der Waals surface area contributed by atoms with E-state index in [2.05, 4.69) is 10.4 Å². The van der Waals surface area contributed by atoms with Crippen LogP contribution < -0.4 is 5.32 Å². The van der Waals surface area contributed by atoms with Gasteiger partial charge in [-0.15, -0.1) is 0 Å². The van der Waals surface area contributed by atoms with Crippen molar-refractivity contribution >= 4 is 11.9 Å². The molecular formula is C16H25N3O5. The van der Waals surface area contributed by atoms with Gasteiger partial charge in [0, 0.05) is 26.0 Å². The van der Waals surface area contributed by atoms with E-state index >= 15 is 0 Å². The number of carboxylic acids is 1. The van der Waals surface area contributed by atoms with Crippen molar-refractivity contribution in [1.29, 1.82) is 0 Å². The molecule has 2 heterocycles. The summed E-state index contributed by atoms with van der Waals surface area (Å²) in [5.41, 5.74) is 0.244. The smallest absolute Gasteiger partial charge is 0.305 e. The molecule has 1 aromatic heterocycles. The van der Waals surface area contributed by atoms with Gasteiger partial charge in [-0.25, -0.2) is 0 Å². The van der Waals surface area contributed by atoms with Crippen LogP contribution in [0.2, 0.25) is 0 Å². The van der Waals surface area contributed by atoms with Crippen LogP contribution in [-0.2, 0) is 14.3 Å². The summed E-state index contributed by atoms with van der Waals surface area (Å²) >= 11 is 0. The number of ether oxygens (including phenoxy) is 2. The van der Waals surface area contributed by atoms with Gasteiger partial charge in [0.15, 0.2) is 0 Å². The highest BCUT2D eigenvalue weighted by Gasteiger charge is 2.31. The molecule has 0 aliphatic carbocycles. The average molecular weight is 339 g/mol. The van der Waals surface area contributed by atoms with E-state index in [9.17, 15) is 9.59 Å². The fraction of sp³-hybridized carbons (Fsp3) is 0.688. The lowest BCUT2D eigenvalue weighted by Crippen LogP contribution is -2.50. The first kappa shape index (κ1) is 18.4. The molecule has 1 aliphatic heterocycles. The summed E-state index contributed by atoms with van der Waals surface area (Å²) in [6, 6.07) is 0.227. The monoisotopic (exact) mass is 339 g/mol. The van der Waals surface area contributed by atoms with Gasteiger partial charge >= 0.3 is 5.97 Å². The molecule has 2 rings (SSSR count). The standard InChI is InChI=1S/C16H25N3O5/c1-11-13(9-17-19(11)12-4-6-24-7-5-12)15(22)18-16(2,10-23-3)8-14(20)21/h9,12H,4-8,10H2,1-3H3,(H,18,22)(H,20,21). The largest absolute Gasteiger partial charge is 0.481 e. The Kier molecular flexibility index (Phi) is 5.95. The third kappa shape index (κ3) is 4.33. The first-order chi connectivity index (χ1) is 11.4. The van der Waals surface area contributed by atoms with Crippen molar-refractivity contribution in [2.75, 3.05) is 26.9 Å². The van der Waals surface area contributed by atoms with Gasteiger partial charge in [0.25, 0.3) is 5.91 Å². The molecule has 0 radical (unpaired) electrons. The van der Waals surface area contributed by atoms with E-state index in [4.69, 9.17) is 14.6 Å². The van der Waals surface area contributed by atoms with Crippen molar-refractivity contribution in [1.82, 2.24) is 15.1 Å². The highest BCUT2D eigenvalue weighted by atomic mass is 16.5. The number of nitrogens with one attached hydrogen (secondary N) is 1. The van der Waals surface area contributed by atoms with Crippen LogP contribution in [0.25, 0.3) is 0 Å². The topological polar surface area (TPSA) is 103 Å². The predicted octanol–water partition coefficient (Wildman–Crippen LogP) is 1.15. The molecule has 0 saturated carbocycles. The predicted molar refractivity (Wildman–Crippen MR) is 86.1 cm³/mol. The minimum absolute atomic E-state index is 0.109. The molecule has 0 spiro atoms. The summed E-state index contributed by atoms with van der Waals surface area (Å²) in [5.74, 6) is -1.34. The molecular weight excluding hydrogens is 314 g/mol. The van der Waals surface area contributed by atoms with Gasteiger partial charge in [0.2, 0.25) is 0 Å². The van der Waals surface area contributed by atoms with Crippen LogP contribution in [0.15, 0.2) is 6.20 Å². The fourth-order valence-corrected chi connectivity index (χ4v) is 3.07. The van der Waals surface area contributed by atoms with Crippen LogP contribution in [0.5, 0.6) is 0 Å². The zero-order valence-electron chi connectivity index (χ0n) is 14.4. The molecule has 0 bridgehead atoms. The number of carboxylic acid groups (broad SMARTS) is 1. The molecule has 1 saturated heterocycles. The van der Waals surface area contributed by atoms with Crippen LogP contribution in [0.1, 0.15) is 48.3 Å². The third-order valence-electron chi connectivity index (χ3n) is 4.25. The lowest BCUT2D eigenvalue weighted by Gasteiger charge is -2.28. The maximum atomic E-state index is 12.6. The molecule has 24 heavy (non-hydrogen) atoms. The van der Waals surface area contributed by atoms with Crippen molar-refractivity contribution in [3.8, 4) is 0 Å². The Hall–Kier alpha value is -1.93. The van der Waals surface area contributed by atoms with Gasteiger partial charge in [-0.2, -0.15) is 5.10 Å². The van der Waals surface area contributed by atoms with Gasteiger partial charge in [0.1, 0.15) is 0 Å². The quantitative estimate of drug-likeness (QED) is 0.772. The summed E-state index contributed by atoms with van der Waals surface area (Å²) in [7, 11) is 1.47. The number of carbonyl (C=O) groups excluding carboxylic acids is 1. The Morgan fingerprint density at radius 1 is 1.50 bits per heavy atom. The van der Waals surface area contributed by atoms with Crippen LogP contribution >= 0.6 is 0 Å². The Morgan fingerprint density at radius 2 is 2.17 bits per heavy atom. The van der Waals surface area contributed by atoms with E-state index < -0.39 is 11.5 Å². The molecule has 1 fully saturated rings. The van der Waals surface area contributed by atoms with Crippen LogP contribution in [0.3, 0.4) is 0 Å². The number of hydrogen-bond donors (Lipinski definition) is 2. The molecule has 0 aromatic carbocycles. The molecule has 1 unspecified atom stereocenters. The number of aliphatic carboxylic acids is 1. The second-order valence-electron chi connectivity index (χ2n) is 6.45. The number of aromatic nitrogens is 2. The Balaban J connectivity index is 2.14. The van der Waals surface area contributed by atoms with Gasteiger partial charge in [-0.1, -0.05) is 0 Å². The molecule has 134 valence electrons. The lowest BCUT2D eigenvalue weighted by molar-refractivity contribution is -0.139. The van der Waals surface area contributed by atoms with Crippen molar-refractivity contribution in [3.05, 3.63) is 17.5 Å². The normalized spacial score (nSPS) is 18.1. The van der Waals surface area contributed by atoms with E-state index in [1.165, 1.54) is 13.3 Å². The fourth-order valence-electron chi connectivity index (χ4n) is 3.07. The Labute approximate surface area is 141 Å². The van der Waals surface area contributed by atoms with Gasteiger partial charge in [0.05, 0.1) is 36.4 Å². The van der Waals surface area contributed by atoms with Gasteiger partial charge < -0.3 is 19.9 Å². The molecule has 1 aromatic rings. The summed E-state index contributed by atoms with van der Waals surface area (Å²) in [4.78, 5) is 23.6. The molecule has 8 nitrogen and oxygen atoms in total. The van der Waals surface area contributed by atoms with E-state index in [1.54, 1.807) is 6.92 Å². The maximum absolute atomic E-state index is 12.6. The van der Waals surface area contributed by atoms with Crippen molar-refractivity contribution in [2.24, 2.45) is 0 Å². The zero-order chi connectivity index (χ0) is 17.7. The first-order valence-corrected chi connectivity index (χ1v) is 8.01. The minimum atomic E-state index is -0.996. The van der Waals surface area contributed by atoms with Crippen LogP contribution in [0, 0.1) is 6.92 Å². The van der Waals surface area contributed by atoms with Gasteiger partial charge in [-0.3, -0.25) is 14.3 Å². The highest BCUT2D eigenvalue weighted by Crippen LogP contribution is 2.23. The van der Waals surface area contributed by atoms with E-state index in [0.717, 1.165) is 18.5 Å². The summed E-state index contributed by atoms with van der Waals surface area (Å²) in [6.45, 7) is 4.99. The number of nitrogens with zero attached hydrogens (tertiary/aromatic N) is 2. The SMILES string of the molecule is COCC(C)(CC(=O)O)NC(=O)c1cnn(C2CCOCC2)c1C. The number of carbonyl (C=O) groups is 2. The minimum Gasteiger partial charge on any atom is -0.481 e. The van der Waals surface area contributed by atoms with Crippen molar-refractivity contribution in [2.45, 2.75) is 44.7 Å². The van der Waals surface area contributed by atoms with E-state index in [-0.39, 0.29) is 25.0 Å². The second-order valence-corrected chi connectivity index (χ2v) is 6.45. The van der Waals surface area contributed by atoms with Crippen molar-refractivity contribution in [3.63, 3.8) is 0 Å². The number of rotatable bonds is 7. The molecule has 1 aliphatic rings. The second kappa shape index (κ2) is 7.76. The third-order valence-corrected chi connectivity index (χ3v) is 4.25.